The summed E-state index contributed by atoms with van der Waals surface area (Å²) < 4.78 is 15.3. The first-order chi connectivity index (χ1) is 16.3. The summed E-state index contributed by atoms with van der Waals surface area (Å²) in [7, 11) is 0. The minimum absolute atomic E-state index is 0.0654. The zero-order chi connectivity index (χ0) is 24.9. The van der Waals surface area contributed by atoms with Gasteiger partial charge in [-0.15, -0.1) is 10.2 Å². The lowest BCUT2D eigenvalue weighted by Gasteiger charge is -2.15. The molecule has 0 spiro atoms. The number of para-hydroxylation sites is 1. The highest BCUT2D eigenvalue weighted by molar-refractivity contribution is 5.94. The number of anilines is 2. The summed E-state index contributed by atoms with van der Waals surface area (Å²) in [5.41, 5.74) is 18.0. The zero-order valence-electron chi connectivity index (χ0n) is 19.3. The molecule has 0 saturated heterocycles. The van der Waals surface area contributed by atoms with Gasteiger partial charge in [0.1, 0.15) is 17.2 Å². The highest BCUT2D eigenvalue weighted by Gasteiger charge is 2.15. The number of nitrogens with two attached hydrogens (primary N) is 3. The second-order valence-corrected chi connectivity index (χ2v) is 7.14. The number of azo groups is 1. The molecule has 1 aromatic heterocycles. The Kier molecular flexibility index (Phi) is 10.7. The van der Waals surface area contributed by atoms with E-state index in [2.05, 4.69) is 20.5 Å². The van der Waals surface area contributed by atoms with E-state index < -0.39 is 18.5 Å². The van der Waals surface area contributed by atoms with Gasteiger partial charge < -0.3 is 36.7 Å². The number of pyridine rings is 1. The number of benzene rings is 1. The Morgan fingerprint density at radius 1 is 1.12 bits per heavy atom. The number of ether oxygens (including phenoxy) is 3. The van der Waals surface area contributed by atoms with E-state index in [0.717, 1.165) is 12.8 Å². The van der Waals surface area contributed by atoms with Gasteiger partial charge in [-0.05, 0) is 50.6 Å². The number of unbranched alkanes of at least 4 members (excludes halogenated alkanes) is 1. The van der Waals surface area contributed by atoms with Crippen LogP contribution in [-0.4, -0.2) is 42.5 Å². The molecule has 0 aliphatic carbocycles. The Bertz CT molecular complexity index is 986. The molecule has 1 unspecified atom stereocenters. The second-order valence-electron chi connectivity index (χ2n) is 7.14. The number of hydrogen-bond acceptors (Lipinski definition) is 11. The van der Waals surface area contributed by atoms with Crippen molar-refractivity contribution >= 4 is 35.1 Å². The number of aromatic nitrogens is 1. The van der Waals surface area contributed by atoms with Crippen molar-refractivity contribution in [2.75, 3.05) is 24.2 Å². The standard InChI is InChI=1S/C22H31N7O5/c1-3-32-22(31)34-14(2)33-18-10-5-4-9-16(18)28-29-17-11-12-19(26-20(17)25)27-21(30)15(24)8-6-7-13-23/h4-5,9-12,14-15H,3,6-8,13,23-24H2,1-2H3,(H3,25,26,27,30)/t14?,15-/m0/s1. The molecule has 1 aromatic carbocycles. The van der Waals surface area contributed by atoms with Gasteiger partial charge in [-0.3, -0.25) is 4.79 Å². The number of rotatable bonds is 12. The van der Waals surface area contributed by atoms with Crippen molar-refractivity contribution in [1.29, 1.82) is 0 Å². The molecule has 34 heavy (non-hydrogen) atoms. The summed E-state index contributed by atoms with van der Waals surface area (Å²) in [5, 5.41) is 10.9. The third kappa shape index (κ3) is 8.64. The smallest absolute Gasteiger partial charge is 0.453 e. The Morgan fingerprint density at radius 3 is 2.56 bits per heavy atom. The number of carbonyl (C=O) groups excluding carboxylic acids is 2. The molecule has 12 heteroatoms. The van der Waals surface area contributed by atoms with Gasteiger partial charge in [0.05, 0.1) is 12.6 Å². The number of amides is 1. The summed E-state index contributed by atoms with van der Waals surface area (Å²) in [4.78, 5) is 27.8. The van der Waals surface area contributed by atoms with Gasteiger partial charge in [-0.25, -0.2) is 9.78 Å². The first kappa shape index (κ1) is 26.5. The van der Waals surface area contributed by atoms with Gasteiger partial charge in [-0.1, -0.05) is 18.6 Å². The lowest BCUT2D eigenvalue weighted by Crippen LogP contribution is -2.35. The summed E-state index contributed by atoms with van der Waals surface area (Å²) in [6, 6.07) is 9.25. The summed E-state index contributed by atoms with van der Waals surface area (Å²) >= 11 is 0. The lowest BCUT2D eigenvalue weighted by molar-refractivity contribution is -0.117. The first-order valence-corrected chi connectivity index (χ1v) is 10.9. The third-order valence-electron chi connectivity index (χ3n) is 4.41. The highest BCUT2D eigenvalue weighted by Crippen LogP contribution is 2.31. The molecule has 184 valence electrons. The van der Waals surface area contributed by atoms with Crippen molar-refractivity contribution in [3.05, 3.63) is 36.4 Å². The topological polar surface area (TPSA) is 190 Å². The Morgan fingerprint density at radius 2 is 1.85 bits per heavy atom. The normalized spacial score (nSPS) is 12.7. The van der Waals surface area contributed by atoms with Crippen LogP contribution in [0, 0.1) is 0 Å². The molecule has 2 atom stereocenters. The van der Waals surface area contributed by atoms with Crippen LogP contribution in [0.15, 0.2) is 46.6 Å². The largest absolute Gasteiger partial charge is 0.511 e. The fraction of sp³-hybridized carbons (Fsp3) is 0.409. The Hall–Kier alpha value is -3.77. The maximum Gasteiger partial charge on any atom is 0.511 e. The third-order valence-corrected chi connectivity index (χ3v) is 4.41. The SMILES string of the molecule is CCOC(=O)OC(C)Oc1ccccc1N=Nc1ccc(NC(=O)[C@@H](N)CCCCN)nc1N. The van der Waals surface area contributed by atoms with Crippen molar-refractivity contribution in [3.63, 3.8) is 0 Å². The average Bonchev–Trinajstić information content (AvgIpc) is 2.79. The van der Waals surface area contributed by atoms with Crippen LogP contribution in [-0.2, 0) is 14.3 Å². The molecule has 0 aliphatic heterocycles. The maximum atomic E-state index is 12.2. The van der Waals surface area contributed by atoms with Gasteiger partial charge >= 0.3 is 6.16 Å². The maximum absolute atomic E-state index is 12.2. The van der Waals surface area contributed by atoms with Crippen LogP contribution in [0.3, 0.4) is 0 Å². The highest BCUT2D eigenvalue weighted by atomic mass is 16.8. The molecule has 0 aliphatic rings. The number of nitrogens with one attached hydrogen (secondary N) is 1. The molecule has 7 N–H and O–H groups in total. The molecular formula is C22H31N7O5. The number of nitrogens with zero attached hydrogens (tertiary/aromatic N) is 3. The van der Waals surface area contributed by atoms with E-state index in [9.17, 15) is 9.59 Å². The first-order valence-electron chi connectivity index (χ1n) is 10.9. The zero-order valence-corrected chi connectivity index (χ0v) is 19.3. The van der Waals surface area contributed by atoms with E-state index in [-0.39, 0.29) is 29.8 Å². The van der Waals surface area contributed by atoms with E-state index in [0.29, 0.717) is 24.4 Å². The van der Waals surface area contributed by atoms with Crippen molar-refractivity contribution in [1.82, 2.24) is 4.98 Å². The molecule has 2 rings (SSSR count). The lowest BCUT2D eigenvalue weighted by atomic mass is 10.1. The van der Waals surface area contributed by atoms with Crippen LogP contribution in [0.1, 0.15) is 33.1 Å². The van der Waals surface area contributed by atoms with Gasteiger partial charge in [0.25, 0.3) is 0 Å². The minimum atomic E-state index is -0.910. The van der Waals surface area contributed by atoms with Crippen molar-refractivity contribution < 1.29 is 23.8 Å². The monoisotopic (exact) mass is 473 g/mol. The van der Waals surface area contributed by atoms with E-state index >= 15 is 0 Å². The molecule has 0 radical (unpaired) electrons. The predicted molar refractivity (Wildman–Crippen MR) is 127 cm³/mol. The Labute approximate surface area is 197 Å². The molecular weight excluding hydrogens is 442 g/mol. The van der Waals surface area contributed by atoms with Crippen LogP contribution in [0.5, 0.6) is 5.75 Å². The number of nitrogen functional groups attached to an aromatic ring is 1. The predicted octanol–water partition coefficient (Wildman–Crippen LogP) is 3.37. The molecule has 1 amide bonds. The molecule has 1 heterocycles. The molecule has 0 saturated carbocycles. The van der Waals surface area contributed by atoms with Crippen LogP contribution in [0.4, 0.5) is 27.8 Å². The number of carbonyl (C=O) groups is 2. The van der Waals surface area contributed by atoms with Gasteiger partial charge in [0, 0.05) is 6.92 Å². The van der Waals surface area contributed by atoms with Crippen molar-refractivity contribution in [3.8, 4) is 5.75 Å². The average molecular weight is 474 g/mol. The fourth-order valence-corrected chi connectivity index (χ4v) is 2.72. The van der Waals surface area contributed by atoms with Gasteiger partial charge in [0.15, 0.2) is 11.6 Å². The van der Waals surface area contributed by atoms with E-state index in [1.807, 2.05) is 0 Å². The van der Waals surface area contributed by atoms with Crippen LogP contribution < -0.4 is 27.3 Å². The second kappa shape index (κ2) is 13.7. The molecule has 12 nitrogen and oxygen atoms in total. The molecule has 0 fully saturated rings. The summed E-state index contributed by atoms with van der Waals surface area (Å²) in [6.45, 7) is 3.96. The number of hydrogen-bond donors (Lipinski definition) is 4. The van der Waals surface area contributed by atoms with Crippen molar-refractivity contribution in [2.45, 2.75) is 45.4 Å². The van der Waals surface area contributed by atoms with Crippen LogP contribution in [0.25, 0.3) is 0 Å². The Balaban J connectivity index is 2.03. The summed E-state index contributed by atoms with van der Waals surface area (Å²) in [5.74, 6) is 0.297. The minimum Gasteiger partial charge on any atom is -0.453 e. The van der Waals surface area contributed by atoms with E-state index in [4.69, 9.17) is 31.4 Å². The quantitative estimate of drug-likeness (QED) is 0.155. The van der Waals surface area contributed by atoms with E-state index in [1.54, 1.807) is 50.2 Å². The van der Waals surface area contributed by atoms with Crippen LogP contribution in [0.2, 0.25) is 0 Å². The van der Waals surface area contributed by atoms with Gasteiger partial charge in [0.2, 0.25) is 12.2 Å². The summed E-state index contributed by atoms with van der Waals surface area (Å²) in [6.07, 6.45) is 0.342. The van der Waals surface area contributed by atoms with Crippen LogP contribution >= 0.6 is 0 Å². The van der Waals surface area contributed by atoms with E-state index in [1.165, 1.54) is 0 Å². The van der Waals surface area contributed by atoms with Gasteiger partial charge in [-0.2, -0.15) is 0 Å². The molecule has 2 aromatic rings. The van der Waals surface area contributed by atoms with Crippen molar-refractivity contribution in [2.24, 2.45) is 21.7 Å². The fourth-order valence-electron chi connectivity index (χ4n) is 2.72. The molecule has 0 bridgehead atoms.